The summed E-state index contributed by atoms with van der Waals surface area (Å²) < 4.78 is 16.5. The van der Waals surface area contributed by atoms with Crippen LogP contribution in [-0.2, 0) is 19.0 Å². The van der Waals surface area contributed by atoms with Crippen molar-refractivity contribution in [3.63, 3.8) is 0 Å². The van der Waals surface area contributed by atoms with Gasteiger partial charge in [-0.05, 0) is 38.0 Å². The van der Waals surface area contributed by atoms with E-state index in [9.17, 15) is 14.9 Å². The second-order valence-corrected chi connectivity index (χ2v) is 7.43. The molecule has 0 aromatic heterocycles. The van der Waals surface area contributed by atoms with Gasteiger partial charge in [0, 0.05) is 23.2 Å². The molecule has 0 aromatic carbocycles. The Morgan fingerprint density at radius 1 is 1.17 bits per heavy atom. The molecule has 3 fully saturated rings. The van der Waals surface area contributed by atoms with Crippen LogP contribution in [0.4, 0.5) is 0 Å². The van der Waals surface area contributed by atoms with Crippen molar-refractivity contribution >= 4 is 5.97 Å². The van der Waals surface area contributed by atoms with Crippen molar-refractivity contribution < 1.29 is 23.9 Å². The summed E-state index contributed by atoms with van der Waals surface area (Å²) in [5.41, 5.74) is -0.416. The number of ether oxygens (including phenoxy) is 3. The lowest BCUT2D eigenvalue weighted by molar-refractivity contribution is -0.506. The molecule has 0 radical (unpaired) electrons. The van der Waals surface area contributed by atoms with Crippen LogP contribution >= 0.6 is 0 Å². The first-order valence-corrected chi connectivity index (χ1v) is 8.46. The molecule has 1 saturated heterocycles. The summed E-state index contributed by atoms with van der Waals surface area (Å²) in [5.74, 6) is -0.729. The van der Waals surface area contributed by atoms with E-state index in [1.807, 2.05) is 0 Å². The maximum absolute atomic E-state index is 11.8. The van der Waals surface area contributed by atoms with Crippen LogP contribution in [0.1, 0.15) is 51.9 Å². The highest BCUT2D eigenvalue weighted by molar-refractivity contribution is 5.70. The van der Waals surface area contributed by atoms with Crippen LogP contribution in [0.15, 0.2) is 0 Å². The van der Waals surface area contributed by atoms with E-state index < -0.39 is 11.2 Å². The topological polar surface area (TPSA) is 87.9 Å². The Morgan fingerprint density at radius 3 is 2.30 bits per heavy atom. The summed E-state index contributed by atoms with van der Waals surface area (Å²) in [7, 11) is 0. The van der Waals surface area contributed by atoms with Gasteiger partial charge in [0.25, 0.3) is 0 Å². The number of rotatable bonds is 5. The van der Waals surface area contributed by atoms with Crippen LogP contribution in [0.2, 0.25) is 0 Å². The van der Waals surface area contributed by atoms with Gasteiger partial charge in [-0.15, -0.1) is 0 Å². The van der Waals surface area contributed by atoms with Gasteiger partial charge in [0.2, 0.25) is 6.54 Å². The summed E-state index contributed by atoms with van der Waals surface area (Å²) in [6.07, 6.45) is 5.22. The van der Waals surface area contributed by atoms with Gasteiger partial charge in [0.05, 0.1) is 26.2 Å². The van der Waals surface area contributed by atoms with Crippen molar-refractivity contribution in [2.75, 3.05) is 26.4 Å². The third-order valence-electron chi connectivity index (χ3n) is 5.68. The zero-order chi connectivity index (χ0) is 16.6. The molecule has 130 valence electrons. The molecule has 2 saturated carbocycles. The van der Waals surface area contributed by atoms with Gasteiger partial charge < -0.3 is 14.2 Å². The number of nitro groups is 1. The molecule has 1 aliphatic heterocycles. The smallest absolute Gasteiger partial charge is 0.306 e. The van der Waals surface area contributed by atoms with Crippen LogP contribution < -0.4 is 0 Å². The molecule has 2 spiro atoms. The Hall–Kier alpha value is -1.21. The molecule has 0 bridgehead atoms. The van der Waals surface area contributed by atoms with E-state index >= 15 is 0 Å². The first-order chi connectivity index (χ1) is 10.9. The SMILES string of the molecule is CCOC(=O)CC1(C[N+](=O)[O-])CC2(CCC3(CC2)OCCO3)C1. The average Bonchev–Trinajstić information content (AvgIpc) is 2.89. The zero-order valence-electron chi connectivity index (χ0n) is 13.7. The van der Waals surface area contributed by atoms with Crippen LogP contribution in [-0.4, -0.2) is 43.0 Å². The maximum Gasteiger partial charge on any atom is 0.306 e. The summed E-state index contributed by atoms with van der Waals surface area (Å²) in [6, 6.07) is 0. The van der Waals surface area contributed by atoms with Crippen LogP contribution in [0.5, 0.6) is 0 Å². The molecule has 0 atom stereocenters. The van der Waals surface area contributed by atoms with Gasteiger partial charge in [-0.3, -0.25) is 14.9 Å². The predicted octanol–water partition coefficient (Wildman–Crippen LogP) is 2.30. The molecule has 0 amide bonds. The third-order valence-corrected chi connectivity index (χ3v) is 5.68. The molecule has 0 unspecified atom stereocenters. The van der Waals surface area contributed by atoms with Crippen molar-refractivity contribution in [3.8, 4) is 0 Å². The number of carbonyl (C=O) groups is 1. The Kier molecular flexibility index (Phi) is 4.35. The molecule has 3 aliphatic rings. The highest BCUT2D eigenvalue weighted by Crippen LogP contribution is 2.64. The normalized spacial score (nSPS) is 26.8. The molecule has 3 rings (SSSR count). The van der Waals surface area contributed by atoms with E-state index in [1.165, 1.54) is 0 Å². The molecule has 0 N–H and O–H groups in total. The lowest BCUT2D eigenvalue weighted by atomic mass is 9.47. The van der Waals surface area contributed by atoms with Gasteiger partial charge in [-0.1, -0.05) is 0 Å². The second kappa shape index (κ2) is 6.02. The second-order valence-electron chi connectivity index (χ2n) is 7.43. The van der Waals surface area contributed by atoms with Crippen LogP contribution in [0.3, 0.4) is 0 Å². The van der Waals surface area contributed by atoms with Gasteiger partial charge in [-0.25, -0.2) is 0 Å². The predicted molar refractivity (Wildman–Crippen MR) is 80.3 cm³/mol. The van der Waals surface area contributed by atoms with E-state index in [1.54, 1.807) is 6.92 Å². The van der Waals surface area contributed by atoms with Crippen molar-refractivity contribution in [2.24, 2.45) is 10.8 Å². The van der Waals surface area contributed by atoms with E-state index in [0.29, 0.717) is 19.8 Å². The Bertz CT molecular complexity index is 467. The van der Waals surface area contributed by atoms with Crippen molar-refractivity contribution in [3.05, 3.63) is 10.1 Å². The van der Waals surface area contributed by atoms with Gasteiger partial charge in [0.1, 0.15) is 0 Å². The van der Waals surface area contributed by atoms with Gasteiger partial charge in [-0.2, -0.15) is 0 Å². The quantitative estimate of drug-likeness (QED) is 0.437. The summed E-state index contributed by atoms with van der Waals surface area (Å²) in [6.45, 7) is 3.23. The highest BCUT2D eigenvalue weighted by atomic mass is 16.7. The lowest BCUT2D eigenvalue weighted by Crippen LogP contribution is -2.54. The fraction of sp³-hybridized carbons (Fsp3) is 0.938. The third kappa shape index (κ3) is 3.35. The Morgan fingerprint density at radius 2 is 1.78 bits per heavy atom. The van der Waals surface area contributed by atoms with E-state index in [0.717, 1.165) is 38.5 Å². The minimum absolute atomic E-state index is 0.114. The fourth-order valence-electron chi connectivity index (χ4n) is 4.92. The number of esters is 1. The van der Waals surface area contributed by atoms with E-state index in [-0.39, 0.29) is 29.3 Å². The molecule has 0 aromatic rings. The summed E-state index contributed by atoms with van der Waals surface area (Å²) in [5, 5.41) is 11.0. The van der Waals surface area contributed by atoms with E-state index in [2.05, 4.69) is 0 Å². The van der Waals surface area contributed by atoms with Crippen molar-refractivity contribution in [1.29, 1.82) is 0 Å². The van der Waals surface area contributed by atoms with Gasteiger partial charge >= 0.3 is 5.97 Å². The maximum atomic E-state index is 11.8. The standard InChI is InChI=1S/C16H25NO6/c1-2-21-13(18)9-15(12-17(19)20)10-14(11-15)3-5-16(6-4-14)22-7-8-23-16/h2-12H2,1H3. The minimum Gasteiger partial charge on any atom is -0.466 e. The van der Waals surface area contributed by atoms with Crippen molar-refractivity contribution in [1.82, 2.24) is 0 Å². The first kappa shape index (κ1) is 16.6. The molecule has 1 heterocycles. The molecule has 2 aliphatic carbocycles. The fourth-order valence-corrected chi connectivity index (χ4v) is 4.92. The highest BCUT2D eigenvalue weighted by Gasteiger charge is 2.60. The van der Waals surface area contributed by atoms with Crippen LogP contribution in [0.25, 0.3) is 0 Å². The minimum atomic E-state index is -0.530. The monoisotopic (exact) mass is 327 g/mol. The molecule has 7 nitrogen and oxygen atoms in total. The number of hydrogen-bond donors (Lipinski definition) is 0. The summed E-state index contributed by atoms with van der Waals surface area (Å²) >= 11 is 0. The Labute approximate surface area is 135 Å². The average molecular weight is 327 g/mol. The largest absolute Gasteiger partial charge is 0.466 e. The van der Waals surface area contributed by atoms with Crippen LogP contribution in [0, 0.1) is 20.9 Å². The number of carbonyl (C=O) groups excluding carboxylic acids is 1. The van der Waals surface area contributed by atoms with Crippen molar-refractivity contribution in [2.45, 2.75) is 57.7 Å². The molecule has 23 heavy (non-hydrogen) atoms. The van der Waals surface area contributed by atoms with E-state index in [4.69, 9.17) is 14.2 Å². The molecular weight excluding hydrogens is 302 g/mol. The molecular formula is C16H25NO6. The first-order valence-electron chi connectivity index (χ1n) is 8.46. The zero-order valence-corrected chi connectivity index (χ0v) is 13.7. The van der Waals surface area contributed by atoms with Gasteiger partial charge in [0.15, 0.2) is 5.79 Å². The molecule has 7 heteroatoms. The lowest BCUT2D eigenvalue weighted by Gasteiger charge is -2.57. The number of nitrogens with zero attached hydrogens (tertiary/aromatic N) is 1. The summed E-state index contributed by atoms with van der Waals surface area (Å²) in [4.78, 5) is 22.6. The number of hydrogen-bond acceptors (Lipinski definition) is 6. The Balaban J connectivity index is 1.60.